The molecule has 6 N–H and O–H groups in total. The van der Waals surface area contributed by atoms with Crippen molar-refractivity contribution >= 4 is 0 Å². The summed E-state index contributed by atoms with van der Waals surface area (Å²) in [5.41, 5.74) is 1.96. The van der Waals surface area contributed by atoms with Gasteiger partial charge in [-0.1, -0.05) is 39.3 Å². The van der Waals surface area contributed by atoms with Crippen molar-refractivity contribution < 1.29 is 49.6 Å². The van der Waals surface area contributed by atoms with Crippen molar-refractivity contribution in [1.82, 2.24) is 4.90 Å². The molecule has 4 saturated heterocycles. The minimum atomic E-state index is -1.60. The fourth-order valence-corrected chi connectivity index (χ4v) is 13.3. The summed E-state index contributed by atoms with van der Waals surface area (Å²) in [6.07, 6.45) is -0.545. The van der Waals surface area contributed by atoms with E-state index in [1.807, 2.05) is 0 Å². The summed E-state index contributed by atoms with van der Waals surface area (Å²) < 4.78 is 24.2. The number of piperidine rings is 1. The van der Waals surface area contributed by atoms with Gasteiger partial charge in [0.05, 0.1) is 18.8 Å². The van der Waals surface area contributed by atoms with Crippen molar-refractivity contribution in [2.75, 3.05) is 13.2 Å². The van der Waals surface area contributed by atoms with E-state index in [0.29, 0.717) is 17.3 Å². The maximum absolute atomic E-state index is 11.1. The third-order valence-corrected chi connectivity index (χ3v) is 15.9. The highest BCUT2D eigenvalue weighted by Gasteiger charge is 2.66. The average molecular weight is 706 g/mol. The Balaban J connectivity index is 0.978. The molecule has 0 aromatic carbocycles. The Bertz CT molecular complexity index is 1290. The predicted octanol–water partition coefficient (Wildman–Crippen LogP) is 2.33. The molecule has 7 fully saturated rings. The molecule has 0 radical (unpaired) electrons. The molecule has 0 spiro atoms. The quantitative estimate of drug-likeness (QED) is 0.233. The molecule has 4 aliphatic carbocycles. The first kappa shape index (κ1) is 36.3. The second-order valence-electron chi connectivity index (χ2n) is 18.4. The van der Waals surface area contributed by atoms with Gasteiger partial charge in [0.1, 0.15) is 42.7 Å². The van der Waals surface area contributed by atoms with Gasteiger partial charge in [0.15, 0.2) is 12.6 Å². The normalized spacial score (nSPS) is 58.0. The smallest absolute Gasteiger partial charge is 0.187 e. The van der Waals surface area contributed by atoms with Gasteiger partial charge >= 0.3 is 0 Å². The highest BCUT2D eigenvalue weighted by Crippen LogP contribution is 2.70. The molecule has 0 aromatic rings. The van der Waals surface area contributed by atoms with Crippen LogP contribution in [0.1, 0.15) is 92.4 Å². The zero-order chi connectivity index (χ0) is 35.4. The minimum absolute atomic E-state index is 0.107. The van der Waals surface area contributed by atoms with E-state index < -0.39 is 68.0 Å². The first-order valence-electron chi connectivity index (χ1n) is 19.8. The molecule has 11 heteroatoms. The topological polar surface area (TPSA) is 162 Å². The van der Waals surface area contributed by atoms with Crippen molar-refractivity contribution in [2.24, 2.45) is 46.3 Å². The van der Waals surface area contributed by atoms with Crippen LogP contribution in [0.2, 0.25) is 0 Å². The minimum Gasteiger partial charge on any atom is -0.394 e. The molecular weight excluding hydrogens is 642 g/mol. The van der Waals surface area contributed by atoms with Crippen molar-refractivity contribution in [1.29, 1.82) is 0 Å². The number of hydrogen-bond donors (Lipinski definition) is 6. The summed E-state index contributed by atoms with van der Waals surface area (Å²) >= 11 is 0. The number of aliphatic hydroxyl groups excluding tert-OH is 6. The van der Waals surface area contributed by atoms with E-state index in [1.165, 1.54) is 44.2 Å². The number of fused-ring (bicyclic) bond motifs is 9. The zero-order valence-corrected chi connectivity index (χ0v) is 30.6. The van der Waals surface area contributed by atoms with Crippen molar-refractivity contribution in [2.45, 2.75) is 172 Å². The molecule has 0 aromatic heterocycles. The molecule has 50 heavy (non-hydrogen) atoms. The van der Waals surface area contributed by atoms with Crippen molar-refractivity contribution in [3.63, 3.8) is 0 Å². The summed E-state index contributed by atoms with van der Waals surface area (Å²) in [6.45, 7) is 12.5. The molecule has 3 saturated carbocycles. The number of ether oxygens (including phenoxy) is 4. The summed E-state index contributed by atoms with van der Waals surface area (Å²) in [6, 6.07) is 1.52. The lowest BCUT2D eigenvalue weighted by molar-refractivity contribution is -0.369. The van der Waals surface area contributed by atoms with Gasteiger partial charge in [-0.2, -0.15) is 0 Å². The Labute approximate surface area is 297 Å². The SMILES string of the molecule is C[C@H]1CC[C@@H]2[C@@H](C)[C@H]3[C@H](C[C@H]4[C@@H]5CC=C6C[C@@H](O[C@@H]7O[C@H](CO)[C@@H](O)[C@H](O)[C@H]7O[C@@H]7O[C@H](C)[C@@H](O)[C@@H](O)[C@H]7O)CC[C@]6(C)[C@H]5CC[C@]34C)N2C1. The standard InChI is InChI=1S/C39H63NO10/c1-18-6-9-26-19(2)29-27(40(26)16-18)15-25-23-8-7-21-14-22(10-12-38(21,4)24(23)11-13-39(25,29)5)48-37-35(33(45)31(43)28(17-41)49-37)50-36-34(46)32(44)30(42)20(3)47-36/h7,18-20,22-37,41-46H,6,8-17H2,1-5H3/t18-,19+,20+,22-,23+,24-,25-,26+,27-,28+,29-,30+,31+,32+,33-,34+,35+,36-,37+,38-,39-/m0/s1. The monoisotopic (exact) mass is 705 g/mol. The van der Waals surface area contributed by atoms with E-state index in [-0.39, 0.29) is 11.5 Å². The molecule has 8 aliphatic rings. The highest BCUT2D eigenvalue weighted by atomic mass is 16.8. The van der Waals surface area contributed by atoms with Gasteiger partial charge in [0, 0.05) is 18.6 Å². The molecule has 8 rings (SSSR count). The van der Waals surface area contributed by atoms with Gasteiger partial charge in [0.25, 0.3) is 0 Å². The Morgan fingerprint density at radius 2 is 1.60 bits per heavy atom. The first-order valence-corrected chi connectivity index (χ1v) is 19.8. The molecule has 0 unspecified atom stereocenters. The van der Waals surface area contributed by atoms with Crippen LogP contribution in [0, 0.1) is 46.3 Å². The largest absolute Gasteiger partial charge is 0.394 e. The molecule has 0 amide bonds. The van der Waals surface area contributed by atoms with E-state index >= 15 is 0 Å². The molecule has 21 atom stereocenters. The van der Waals surface area contributed by atoms with Crippen LogP contribution in [0.3, 0.4) is 0 Å². The van der Waals surface area contributed by atoms with Crippen LogP contribution in [0.5, 0.6) is 0 Å². The predicted molar refractivity (Wildman–Crippen MR) is 182 cm³/mol. The van der Waals surface area contributed by atoms with Gasteiger partial charge in [-0.25, -0.2) is 0 Å². The van der Waals surface area contributed by atoms with Crippen LogP contribution in [0.15, 0.2) is 11.6 Å². The van der Waals surface area contributed by atoms with Gasteiger partial charge in [-0.3, -0.25) is 4.90 Å². The van der Waals surface area contributed by atoms with E-state index in [1.54, 1.807) is 6.92 Å². The number of allylic oxidation sites excluding steroid dienone is 1. The van der Waals surface area contributed by atoms with Gasteiger partial charge in [0.2, 0.25) is 0 Å². The summed E-state index contributed by atoms with van der Waals surface area (Å²) in [7, 11) is 0. The second-order valence-corrected chi connectivity index (χ2v) is 18.4. The zero-order valence-electron chi connectivity index (χ0n) is 30.6. The maximum Gasteiger partial charge on any atom is 0.187 e. The lowest BCUT2D eigenvalue weighted by Gasteiger charge is -2.58. The fraction of sp³-hybridized carbons (Fsp3) is 0.949. The Kier molecular flexibility index (Phi) is 9.62. The van der Waals surface area contributed by atoms with E-state index in [0.717, 1.165) is 61.4 Å². The Morgan fingerprint density at radius 3 is 2.36 bits per heavy atom. The number of aliphatic hydroxyl groups is 6. The molecule has 4 heterocycles. The van der Waals surface area contributed by atoms with Crippen LogP contribution < -0.4 is 0 Å². The molecule has 11 nitrogen and oxygen atoms in total. The Hall–Kier alpha value is -0.700. The third-order valence-electron chi connectivity index (χ3n) is 15.9. The number of nitrogens with zero attached hydrogens (tertiary/aromatic N) is 1. The van der Waals surface area contributed by atoms with E-state index in [4.69, 9.17) is 18.9 Å². The summed E-state index contributed by atoms with van der Waals surface area (Å²) in [5, 5.41) is 62.9. The van der Waals surface area contributed by atoms with Crippen molar-refractivity contribution in [3.05, 3.63) is 11.6 Å². The second kappa shape index (κ2) is 13.3. The maximum atomic E-state index is 11.1. The molecule has 4 aliphatic heterocycles. The van der Waals surface area contributed by atoms with Crippen LogP contribution in [0.25, 0.3) is 0 Å². The highest BCUT2D eigenvalue weighted by molar-refractivity contribution is 5.27. The first-order chi connectivity index (χ1) is 23.8. The average Bonchev–Trinajstić information content (AvgIpc) is 3.56. The summed E-state index contributed by atoms with van der Waals surface area (Å²) in [4.78, 5) is 2.96. The molecule has 284 valence electrons. The lowest BCUT2D eigenvalue weighted by Crippen LogP contribution is -2.64. The molecular formula is C39H63NO10. The van der Waals surface area contributed by atoms with E-state index in [9.17, 15) is 30.6 Å². The lowest BCUT2D eigenvalue weighted by atomic mass is 9.47. The third kappa shape index (κ3) is 5.54. The van der Waals surface area contributed by atoms with Crippen LogP contribution in [0.4, 0.5) is 0 Å². The molecule has 0 bridgehead atoms. The van der Waals surface area contributed by atoms with Gasteiger partial charge in [-0.05, 0) is 111 Å². The van der Waals surface area contributed by atoms with Crippen LogP contribution in [-0.4, -0.2) is 128 Å². The summed E-state index contributed by atoms with van der Waals surface area (Å²) in [5.74, 6) is 4.52. The number of hydrogen-bond acceptors (Lipinski definition) is 11. The van der Waals surface area contributed by atoms with Crippen LogP contribution >= 0.6 is 0 Å². The van der Waals surface area contributed by atoms with Crippen LogP contribution in [-0.2, 0) is 18.9 Å². The Morgan fingerprint density at radius 1 is 0.820 bits per heavy atom. The van der Waals surface area contributed by atoms with E-state index in [2.05, 4.69) is 38.7 Å². The van der Waals surface area contributed by atoms with Gasteiger partial charge in [-0.15, -0.1) is 0 Å². The van der Waals surface area contributed by atoms with Crippen molar-refractivity contribution in [3.8, 4) is 0 Å². The number of rotatable bonds is 5. The fourth-order valence-electron chi connectivity index (χ4n) is 13.3. The van der Waals surface area contributed by atoms with Gasteiger partial charge < -0.3 is 49.6 Å².